The molecule has 2 fully saturated rings. The summed E-state index contributed by atoms with van der Waals surface area (Å²) in [4.78, 5) is 62.0. The Morgan fingerprint density at radius 2 is 1.23 bits per heavy atom. The van der Waals surface area contributed by atoms with Crippen LogP contribution in [-0.2, 0) is 51.0 Å². The Hall–Kier alpha value is -4.10. The number of allylic oxidation sites excluding steroid dienone is 12. The third-order valence-corrected chi connectivity index (χ3v) is 14.0. The molecule has 9 atom stereocenters. The molecule has 410 valence electrons. The van der Waals surface area contributed by atoms with Crippen LogP contribution in [0.15, 0.2) is 102 Å². The van der Waals surface area contributed by atoms with Gasteiger partial charge in [-0.25, -0.2) is 13.9 Å². The normalized spacial score (nSPS) is 22.4. The highest BCUT2D eigenvalue weighted by Gasteiger charge is 2.46. The number of aromatic nitrogens is 2. The molecule has 6 N–H and O–H groups in total. The lowest BCUT2D eigenvalue weighted by molar-refractivity contribution is -0.161. The van der Waals surface area contributed by atoms with E-state index in [1.54, 1.807) is 0 Å². The van der Waals surface area contributed by atoms with Crippen molar-refractivity contribution in [2.24, 2.45) is 0 Å². The average molecular weight is 1070 g/mol. The van der Waals surface area contributed by atoms with Gasteiger partial charge in [0.05, 0.1) is 25.4 Å². The molecule has 73 heavy (non-hydrogen) atoms. The molecule has 2 aliphatic heterocycles. The Balaban J connectivity index is 1.42. The van der Waals surface area contributed by atoms with Gasteiger partial charge in [-0.3, -0.25) is 23.2 Å². The Kier molecular flexibility index (Phi) is 31.8. The predicted octanol–water partition coefficient (Wildman–Crippen LogP) is 9.65. The fourth-order valence-corrected chi connectivity index (χ4v) is 9.39. The molecule has 19 nitrogen and oxygen atoms in total. The summed E-state index contributed by atoms with van der Waals surface area (Å²) in [6, 6.07) is 1.24. The molecule has 0 radical (unpaired) electrons. The number of esters is 2. The van der Waals surface area contributed by atoms with E-state index in [-0.39, 0.29) is 30.9 Å². The van der Waals surface area contributed by atoms with Gasteiger partial charge in [0.15, 0.2) is 12.3 Å². The number of unbranched alkanes of at least 4 members (excludes halogenated alkanes) is 8. The molecule has 0 amide bonds. The van der Waals surface area contributed by atoms with Crippen molar-refractivity contribution in [1.29, 1.82) is 0 Å². The molecule has 2 saturated heterocycles. The summed E-state index contributed by atoms with van der Waals surface area (Å²) >= 11 is 0. The van der Waals surface area contributed by atoms with Crippen molar-refractivity contribution < 1.29 is 71.0 Å². The highest BCUT2D eigenvalue weighted by atomic mass is 31.3. The van der Waals surface area contributed by atoms with Crippen LogP contribution in [0.4, 0.5) is 5.82 Å². The van der Waals surface area contributed by atoms with Crippen molar-refractivity contribution >= 4 is 33.4 Å². The van der Waals surface area contributed by atoms with Crippen LogP contribution in [0.2, 0.25) is 0 Å². The van der Waals surface area contributed by atoms with Crippen molar-refractivity contribution in [3.8, 4) is 0 Å². The summed E-state index contributed by atoms with van der Waals surface area (Å²) in [5.41, 5.74) is 4.58. The van der Waals surface area contributed by atoms with Gasteiger partial charge in [-0.2, -0.15) is 9.29 Å². The van der Waals surface area contributed by atoms with Gasteiger partial charge < -0.3 is 44.7 Å². The lowest BCUT2D eigenvalue weighted by Crippen LogP contribution is -2.36. The van der Waals surface area contributed by atoms with Crippen LogP contribution in [0.25, 0.3) is 0 Å². The molecule has 0 bridgehead atoms. The topological polar surface area (TPSA) is 278 Å². The number of carbonyl (C=O) groups is 2. The quantitative estimate of drug-likeness (QED) is 0.0134. The number of nitrogens with two attached hydrogens (primary N) is 1. The third-order valence-electron chi connectivity index (χ3n) is 11.4. The lowest BCUT2D eigenvalue weighted by Gasteiger charge is -2.21. The number of hydrogen-bond donors (Lipinski definition) is 5. The number of epoxide rings is 1. The Morgan fingerprint density at radius 3 is 1.88 bits per heavy atom. The molecule has 0 aromatic carbocycles. The minimum absolute atomic E-state index is 0.0416. The molecule has 1 aromatic rings. The van der Waals surface area contributed by atoms with Crippen LogP contribution >= 0.6 is 15.6 Å². The van der Waals surface area contributed by atoms with Crippen LogP contribution < -0.4 is 11.4 Å². The van der Waals surface area contributed by atoms with Crippen molar-refractivity contribution in [2.75, 3.05) is 25.6 Å². The van der Waals surface area contributed by atoms with Crippen molar-refractivity contribution in [3.63, 3.8) is 0 Å². The number of carbonyl (C=O) groups excluding carboxylic acids is 2. The highest BCUT2D eigenvalue weighted by Crippen LogP contribution is 2.60. The van der Waals surface area contributed by atoms with Crippen molar-refractivity contribution in [2.45, 2.75) is 185 Å². The number of hydrogen-bond acceptors (Lipinski definition) is 16. The summed E-state index contributed by atoms with van der Waals surface area (Å²) in [5.74, 6) is -1.41. The molecule has 1 aromatic heterocycles. The molecule has 0 aliphatic carbocycles. The molecule has 0 saturated carbocycles. The van der Waals surface area contributed by atoms with E-state index in [0.717, 1.165) is 87.8 Å². The zero-order valence-electron chi connectivity index (χ0n) is 42.6. The van der Waals surface area contributed by atoms with Gasteiger partial charge in [-0.05, 0) is 96.0 Å². The number of ether oxygens (including phenoxy) is 4. The summed E-state index contributed by atoms with van der Waals surface area (Å²) in [5, 5.41) is 20.9. The minimum Gasteiger partial charge on any atom is -0.462 e. The van der Waals surface area contributed by atoms with Crippen molar-refractivity contribution in [1.82, 2.24) is 9.55 Å². The molecular formula is C52H81N3O16P2. The van der Waals surface area contributed by atoms with E-state index < -0.39 is 83.7 Å². The maximum absolute atomic E-state index is 12.9. The van der Waals surface area contributed by atoms with Crippen LogP contribution in [0.3, 0.4) is 0 Å². The number of rotatable bonds is 40. The number of aliphatic hydroxyl groups excluding tert-OH is 2. The van der Waals surface area contributed by atoms with Crippen LogP contribution in [0.1, 0.15) is 148 Å². The van der Waals surface area contributed by atoms with E-state index in [1.165, 1.54) is 25.3 Å². The number of aliphatic hydroxyl groups is 2. The monoisotopic (exact) mass is 1070 g/mol. The number of phosphoric acid groups is 2. The first-order valence-corrected chi connectivity index (χ1v) is 28.7. The van der Waals surface area contributed by atoms with Gasteiger partial charge in [-0.15, -0.1) is 0 Å². The zero-order valence-corrected chi connectivity index (χ0v) is 44.4. The fourth-order valence-electron chi connectivity index (χ4n) is 7.28. The molecule has 0 spiro atoms. The Bertz CT molecular complexity index is 2120. The van der Waals surface area contributed by atoms with Crippen LogP contribution in [-0.4, -0.2) is 97.9 Å². The largest absolute Gasteiger partial charge is 0.481 e. The third kappa shape index (κ3) is 29.0. The molecule has 3 rings (SSSR count). The van der Waals surface area contributed by atoms with E-state index in [4.69, 9.17) is 33.7 Å². The standard InChI is InChI=1S/C52H81N3O16P2/c1-3-5-7-9-11-12-13-14-15-16-17-18-19-20-23-27-31-35-47(56)65-39-42(68-48(57)36-32-28-24-21-22-26-30-34-44-43(69-44)33-29-25-10-8-6-4-2)40-66-72(61,62)71-73(63,64)67-41-45-49(58)50(59)51(70-45)55-38-37-46(53)54-52(55)60/h5,7,11-12,14-15,17-18,21,24-26,29-30,37-38,42-45,49-51,58-59H,3-4,6,8-10,13,16,19-20,22-23,27-28,31-36,39-41H2,1-2H3,(H,61,62)(H,63,64)(H2,53,54,60)/b7-5-,12-11-,15-14-,18-17-,24-21-,29-25-,30-26-/t42-,43?,44?,45-,49-,50-,51-/m1/s1. The van der Waals surface area contributed by atoms with Gasteiger partial charge in [0.2, 0.25) is 0 Å². The van der Waals surface area contributed by atoms with E-state index >= 15 is 0 Å². The summed E-state index contributed by atoms with van der Waals surface area (Å²) < 4.78 is 62.5. The maximum atomic E-state index is 12.9. The molecule has 4 unspecified atom stereocenters. The smallest absolute Gasteiger partial charge is 0.462 e. The van der Waals surface area contributed by atoms with Gasteiger partial charge in [0.1, 0.15) is 30.7 Å². The molecule has 21 heteroatoms. The van der Waals surface area contributed by atoms with Crippen LogP contribution in [0, 0.1) is 0 Å². The van der Waals surface area contributed by atoms with E-state index in [2.05, 4.69) is 96.1 Å². The second-order valence-corrected chi connectivity index (χ2v) is 20.7. The van der Waals surface area contributed by atoms with Gasteiger partial charge in [-0.1, -0.05) is 125 Å². The molecular weight excluding hydrogens is 985 g/mol. The second kappa shape index (κ2) is 36.8. The second-order valence-electron chi connectivity index (χ2n) is 17.7. The lowest BCUT2D eigenvalue weighted by atomic mass is 10.1. The van der Waals surface area contributed by atoms with Gasteiger partial charge in [0, 0.05) is 19.0 Å². The number of phosphoric ester groups is 2. The molecule has 2 aliphatic rings. The highest BCUT2D eigenvalue weighted by molar-refractivity contribution is 7.61. The van der Waals surface area contributed by atoms with E-state index in [9.17, 15) is 43.5 Å². The summed E-state index contributed by atoms with van der Waals surface area (Å²) in [7, 11) is -10.9. The average Bonchev–Trinajstić information content (AvgIpc) is 4.04. The number of anilines is 1. The van der Waals surface area contributed by atoms with Crippen molar-refractivity contribution in [3.05, 3.63) is 108 Å². The number of nitrogens with zero attached hydrogens (tertiary/aromatic N) is 2. The maximum Gasteiger partial charge on any atom is 0.481 e. The predicted molar refractivity (Wildman–Crippen MR) is 279 cm³/mol. The summed E-state index contributed by atoms with van der Waals surface area (Å²) in [6.07, 6.45) is 39.8. The SMILES string of the molecule is CC/C=C\C/C=C\C/C=C\C/C=C\CCCCCCC(=O)OC[C@H](COP(=O)(O)OP(=O)(O)OC[C@H]1O[C@@H](n2ccc(N)nc2=O)[C@H](O)[C@@H]1O)OC(=O)CCC/C=C\C/C=C\CC1OC1C/C=C\CCCCC. The minimum atomic E-state index is -5.45. The van der Waals surface area contributed by atoms with E-state index in [1.807, 2.05) is 12.2 Å². The van der Waals surface area contributed by atoms with Gasteiger partial charge in [0.25, 0.3) is 0 Å². The fraction of sp³-hybridized carbons (Fsp3) is 0.615. The van der Waals surface area contributed by atoms with E-state index in [0.29, 0.717) is 19.3 Å². The number of nitrogen functional groups attached to an aromatic ring is 1. The first-order chi connectivity index (χ1) is 35.1. The zero-order chi connectivity index (χ0) is 53.2. The first kappa shape index (κ1) is 63.2. The van der Waals surface area contributed by atoms with Gasteiger partial charge >= 0.3 is 33.3 Å². The summed E-state index contributed by atoms with van der Waals surface area (Å²) in [6.45, 7) is 1.92. The molecule has 3 heterocycles. The Morgan fingerprint density at radius 1 is 0.685 bits per heavy atom. The first-order valence-electron chi connectivity index (χ1n) is 25.7. The Labute approximate surface area is 431 Å². The van der Waals surface area contributed by atoms with Crippen LogP contribution in [0.5, 0.6) is 0 Å².